The Balaban J connectivity index is 1.88. The number of rotatable bonds is 3. The van der Waals surface area contributed by atoms with Crippen molar-refractivity contribution in [1.82, 2.24) is 15.2 Å². The zero-order valence-corrected chi connectivity index (χ0v) is 10.5. The molecule has 5 heteroatoms. The highest BCUT2D eigenvalue weighted by Crippen LogP contribution is 2.14. The van der Waals surface area contributed by atoms with Crippen LogP contribution in [0.25, 0.3) is 0 Å². The molecule has 18 heavy (non-hydrogen) atoms. The Kier molecular flexibility index (Phi) is 4.25. The van der Waals surface area contributed by atoms with E-state index in [0.29, 0.717) is 18.2 Å². The van der Waals surface area contributed by atoms with Crippen LogP contribution in [0.2, 0.25) is 0 Å². The smallest absolute Gasteiger partial charge is 0.251 e. The van der Waals surface area contributed by atoms with Crippen molar-refractivity contribution in [2.45, 2.75) is 25.3 Å². The van der Waals surface area contributed by atoms with E-state index < -0.39 is 5.95 Å². The highest BCUT2D eigenvalue weighted by Gasteiger charge is 2.19. The molecule has 1 aromatic heterocycles. The number of pyridine rings is 1. The minimum absolute atomic E-state index is 0.240. The van der Waals surface area contributed by atoms with Gasteiger partial charge < -0.3 is 10.2 Å². The Labute approximate surface area is 106 Å². The molecular weight excluding hydrogens is 233 g/mol. The maximum Gasteiger partial charge on any atom is 0.251 e. The molecule has 1 saturated heterocycles. The Hall–Kier alpha value is -1.49. The summed E-state index contributed by atoms with van der Waals surface area (Å²) in [4.78, 5) is 17.5. The first kappa shape index (κ1) is 13.0. The monoisotopic (exact) mass is 251 g/mol. The maximum atomic E-state index is 12.9. The van der Waals surface area contributed by atoms with Gasteiger partial charge in [0.25, 0.3) is 5.91 Å². The Morgan fingerprint density at radius 2 is 2.44 bits per heavy atom. The summed E-state index contributed by atoms with van der Waals surface area (Å²) >= 11 is 0. The quantitative estimate of drug-likeness (QED) is 0.827. The van der Waals surface area contributed by atoms with Crippen LogP contribution in [-0.2, 0) is 0 Å². The van der Waals surface area contributed by atoms with E-state index >= 15 is 0 Å². The average Bonchev–Trinajstić information content (AvgIpc) is 2.37. The van der Waals surface area contributed by atoms with Crippen LogP contribution in [0, 0.1) is 5.95 Å². The van der Waals surface area contributed by atoms with E-state index in [2.05, 4.69) is 22.2 Å². The summed E-state index contributed by atoms with van der Waals surface area (Å²) in [5.41, 5.74) is 0.320. The van der Waals surface area contributed by atoms with Gasteiger partial charge in [-0.1, -0.05) is 6.42 Å². The van der Waals surface area contributed by atoms with Gasteiger partial charge in [0.15, 0.2) is 0 Å². The third-order valence-electron chi connectivity index (χ3n) is 3.41. The summed E-state index contributed by atoms with van der Waals surface area (Å²) in [6.07, 6.45) is 4.82. The van der Waals surface area contributed by atoms with Gasteiger partial charge in [0.1, 0.15) is 0 Å². The lowest BCUT2D eigenvalue weighted by atomic mass is 10.0. The van der Waals surface area contributed by atoms with Gasteiger partial charge in [-0.25, -0.2) is 4.98 Å². The van der Waals surface area contributed by atoms with Crippen molar-refractivity contribution in [3.63, 3.8) is 0 Å². The first-order valence-corrected chi connectivity index (χ1v) is 6.27. The van der Waals surface area contributed by atoms with E-state index in [9.17, 15) is 9.18 Å². The van der Waals surface area contributed by atoms with Crippen LogP contribution in [-0.4, -0.2) is 42.0 Å². The predicted octanol–water partition coefficient (Wildman–Crippen LogP) is 1.43. The van der Waals surface area contributed by atoms with Gasteiger partial charge in [-0.3, -0.25) is 4.79 Å². The van der Waals surface area contributed by atoms with E-state index in [1.165, 1.54) is 25.1 Å². The second-order valence-corrected chi connectivity index (χ2v) is 4.71. The van der Waals surface area contributed by atoms with E-state index in [-0.39, 0.29) is 5.91 Å². The van der Waals surface area contributed by atoms with Gasteiger partial charge in [0.2, 0.25) is 5.95 Å². The van der Waals surface area contributed by atoms with Crippen LogP contribution < -0.4 is 5.32 Å². The predicted molar refractivity (Wildman–Crippen MR) is 66.8 cm³/mol. The number of hydrogen-bond donors (Lipinski definition) is 1. The molecular formula is C13H18FN3O. The molecule has 1 aliphatic heterocycles. The fourth-order valence-corrected chi connectivity index (χ4v) is 2.26. The van der Waals surface area contributed by atoms with E-state index in [4.69, 9.17) is 0 Å². The molecule has 1 aliphatic rings. The summed E-state index contributed by atoms with van der Waals surface area (Å²) in [5, 5.41) is 2.85. The van der Waals surface area contributed by atoms with Gasteiger partial charge in [0.05, 0.1) is 0 Å². The van der Waals surface area contributed by atoms with Crippen molar-refractivity contribution in [3.8, 4) is 0 Å². The Bertz CT molecular complexity index is 424. The topological polar surface area (TPSA) is 45.2 Å². The van der Waals surface area contributed by atoms with Crippen LogP contribution >= 0.6 is 0 Å². The van der Waals surface area contributed by atoms with Gasteiger partial charge in [0, 0.05) is 30.4 Å². The molecule has 1 amide bonds. The number of piperidine rings is 1. The fourth-order valence-electron chi connectivity index (χ4n) is 2.26. The van der Waals surface area contributed by atoms with Crippen LogP contribution in [0.15, 0.2) is 18.3 Å². The van der Waals surface area contributed by atoms with Crippen LogP contribution in [0.4, 0.5) is 4.39 Å². The SMILES string of the molecule is CN1CCCCC1CNC(=O)c1ccnc(F)c1. The van der Waals surface area contributed by atoms with Crippen molar-refractivity contribution < 1.29 is 9.18 Å². The van der Waals surface area contributed by atoms with Crippen LogP contribution in [0.1, 0.15) is 29.6 Å². The van der Waals surface area contributed by atoms with Crippen molar-refractivity contribution in [2.24, 2.45) is 0 Å². The van der Waals surface area contributed by atoms with Crippen molar-refractivity contribution in [3.05, 3.63) is 29.8 Å². The van der Waals surface area contributed by atoms with E-state index in [1.807, 2.05) is 0 Å². The standard InChI is InChI=1S/C13H18FN3O/c1-17-7-3-2-4-11(17)9-16-13(18)10-5-6-15-12(14)8-10/h5-6,8,11H,2-4,7,9H2,1H3,(H,16,18). The fraction of sp³-hybridized carbons (Fsp3) is 0.538. The molecule has 0 spiro atoms. The first-order valence-electron chi connectivity index (χ1n) is 6.27. The second kappa shape index (κ2) is 5.91. The Morgan fingerprint density at radius 1 is 1.61 bits per heavy atom. The zero-order valence-electron chi connectivity index (χ0n) is 10.5. The molecule has 0 radical (unpaired) electrons. The van der Waals surface area contributed by atoms with Crippen LogP contribution in [0.3, 0.4) is 0 Å². The maximum absolute atomic E-state index is 12.9. The third-order valence-corrected chi connectivity index (χ3v) is 3.41. The molecule has 1 fully saturated rings. The number of aromatic nitrogens is 1. The molecule has 2 heterocycles. The molecule has 1 N–H and O–H groups in total. The number of carbonyl (C=O) groups excluding carboxylic acids is 1. The van der Waals surface area contributed by atoms with Gasteiger partial charge in [-0.05, 0) is 32.5 Å². The number of likely N-dealkylation sites (N-methyl/N-ethyl adjacent to an activating group) is 1. The zero-order chi connectivity index (χ0) is 13.0. The van der Waals surface area contributed by atoms with Crippen molar-refractivity contribution in [2.75, 3.05) is 20.1 Å². The van der Waals surface area contributed by atoms with Crippen molar-refractivity contribution >= 4 is 5.91 Å². The Morgan fingerprint density at radius 3 is 3.17 bits per heavy atom. The molecule has 98 valence electrons. The number of halogens is 1. The lowest BCUT2D eigenvalue weighted by molar-refractivity contribution is 0.0928. The highest BCUT2D eigenvalue weighted by molar-refractivity contribution is 5.94. The lowest BCUT2D eigenvalue weighted by Crippen LogP contribution is -2.44. The van der Waals surface area contributed by atoms with E-state index in [0.717, 1.165) is 19.0 Å². The van der Waals surface area contributed by atoms with E-state index in [1.54, 1.807) is 0 Å². The number of carbonyl (C=O) groups is 1. The lowest BCUT2D eigenvalue weighted by Gasteiger charge is -2.32. The largest absolute Gasteiger partial charge is 0.350 e. The van der Waals surface area contributed by atoms with Gasteiger partial charge >= 0.3 is 0 Å². The minimum Gasteiger partial charge on any atom is -0.350 e. The molecule has 1 atom stereocenters. The summed E-state index contributed by atoms with van der Waals surface area (Å²) in [6, 6.07) is 3.05. The highest BCUT2D eigenvalue weighted by atomic mass is 19.1. The molecule has 0 bridgehead atoms. The second-order valence-electron chi connectivity index (χ2n) is 4.71. The third kappa shape index (κ3) is 3.26. The molecule has 0 saturated carbocycles. The number of nitrogens with zero attached hydrogens (tertiary/aromatic N) is 2. The van der Waals surface area contributed by atoms with Gasteiger partial charge in [-0.2, -0.15) is 4.39 Å². The molecule has 4 nitrogen and oxygen atoms in total. The summed E-state index contributed by atoms with van der Waals surface area (Å²) in [6.45, 7) is 1.68. The van der Waals surface area contributed by atoms with Crippen LogP contribution in [0.5, 0.6) is 0 Å². The normalized spacial score (nSPS) is 20.7. The summed E-state index contributed by atoms with van der Waals surface area (Å²) < 4.78 is 12.9. The molecule has 0 aromatic carbocycles. The molecule has 0 aliphatic carbocycles. The average molecular weight is 251 g/mol. The molecule has 1 aromatic rings. The number of nitrogens with one attached hydrogen (secondary N) is 1. The molecule has 1 unspecified atom stereocenters. The van der Waals surface area contributed by atoms with Crippen molar-refractivity contribution in [1.29, 1.82) is 0 Å². The summed E-state index contributed by atoms with van der Waals surface area (Å²) in [5.74, 6) is -0.868. The first-order chi connectivity index (χ1) is 8.66. The number of amides is 1. The number of likely N-dealkylation sites (tertiary alicyclic amines) is 1. The number of hydrogen-bond acceptors (Lipinski definition) is 3. The summed E-state index contributed by atoms with van der Waals surface area (Å²) in [7, 11) is 2.07. The van der Waals surface area contributed by atoms with Gasteiger partial charge in [-0.15, -0.1) is 0 Å². The minimum atomic E-state index is -0.627. The molecule has 2 rings (SSSR count).